The van der Waals surface area contributed by atoms with Crippen LogP contribution in [0.2, 0.25) is 0 Å². The van der Waals surface area contributed by atoms with Gasteiger partial charge in [-0.05, 0) is 12.1 Å². The maximum absolute atomic E-state index is 13.0. The predicted molar refractivity (Wildman–Crippen MR) is 69.5 cm³/mol. The SMILES string of the molecule is Nc1cc(C(F)(F)F)n2nc(-c3ccccc3O)cc2n1. The summed E-state index contributed by atoms with van der Waals surface area (Å²) >= 11 is 0. The fourth-order valence-electron chi connectivity index (χ4n) is 2.02. The van der Waals surface area contributed by atoms with Gasteiger partial charge in [-0.3, -0.25) is 0 Å². The summed E-state index contributed by atoms with van der Waals surface area (Å²) in [6, 6.07) is 8.27. The summed E-state index contributed by atoms with van der Waals surface area (Å²) < 4.78 is 39.7. The maximum atomic E-state index is 13.0. The third-order valence-electron chi connectivity index (χ3n) is 2.92. The lowest BCUT2D eigenvalue weighted by Gasteiger charge is -2.08. The molecule has 2 heterocycles. The summed E-state index contributed by atoms with van der Waals surface area (Å²) in [7, 11) is 0. The van der Waals surface area contributed by atoms with Gasteiger partial charge in [0, 0.05) is 17.7 Å². The molecule has 0 aliphatic rings. The van der Waals surface area contributed by atoms with Crippen molar-refractivity contribution >= 4 is 11.5 Å². The number of hydrogen-bond donors (Lipinski definition) is 2. The van der Waals surface area contributed by atoms with Gasteiger partial charge in [-0.2, -0.15) is 18.3 Å². The number of nitrogens with zero attached hydrogens (tertiary/aromatic N) is 3. The number of rotatable bonds is 1. The number of phenolic OH excluding ortho intramolecular Hbond substituents is 1. The van der Waals surface area contributed by atoms with E-state index >= 15 is 0 Å². The zero-order valence-electron chi connectivity index (χ0n) is 10.5. The van der Waals surface area contributed by atoms with Crippen molar-refractivity contribution in [1.82, 2.24) is 14.6 Å². The fourth-order valence-corrected chi connectivity index (χ4v) is 2.02. The number of fused-ring (bicyclic) bond motifs is 1. The third-order valence-corrected chi connectivity index (χ3v) is 2.92. The van der Waals surface area contributed by atoms with E-state index in [4.69, 9.17) is 5.73 Å². The van der Waals surface area contributed by atoms with Crippen LogP contribution in [0, 0.1) is 0 Å². The van der Waals surface area contributed by atoms with Crippen LogP contribution in [-0.4, -0.2) is 19.7 Å². The molecule has 0 unspecified atom stereocenters. The first kappa shape index (κ1) is 13.2. The lowest BCUT2D eigenvalue weighted by atomic mass is 10.1. The molecule has 0 bridgehead atoms. The quantitative estimate of drug-likeness (QED) is 0.723. The minimum atomic E-state index is -4.61. The molecule has 0 saturated carbocycles. The number of nitrogen functional groups attached to an aromatic ring is 1. The molecule has 8 heteroatoms. The first-order valence-corrected chi connectivity index (χ1v) is 5.88. The highest BCUT2D eigenvalue weighted by Crippen LogP contribution is 2.33. The molecule has 1 aromatic carbocycles. The molecular weight excluding hydrogens is 285 g/mol. The van der Waals surface area contributed by atoms with Crippen molar-refractivity contribution in [3.05, 3.63) is 42.1 Å². The Morgan fingerprint density at radius 1 is 1.14 bits per heavy atom. The Morgan fingerprint density at radius 3 is 2.52 bits per heavy atom. The molecule has 0 aliphatic heterocycles. The number of aromatic hydroxyl groups is 1. The van der Waals surface area contributed by atoms with Gasteiger partial charge in [0.05, 0.1) is 5.69 Å². The maximum Gasteiger partial charge on any atom is 0.433 e. The Hall–Kier alpha value is -2.77. The van der Waals surface area contributed by atoms with E-state index in [-0.39, 0.29) is 22.9 Å². The summed E-state index contributed by atoms with van der Waals surface area (Å²) in [4.78, 5) is 3.82. The summed E-state index contributed by atoms with van der Waals surface area (Å²) in [6.07, 6.45) is -4.61. The average molecular weight is 294 g/mol. The van der Waals surface area contributed by atoms with Crippen LogP contribution >= 0.6 is 0 Å². The molecule has 3 aromatic rings. The standard InChI is InChI=1S/C13H9F3N4O/c14-13(15,16)10-6-11(17)18-12-5-8(19-20(10)12)7-3-1-2-4-9(7)21/h1-6,21H,(H2,17,18). The van der Waals surface area contributed by atoms with Crippen LogP contribution in [0.25, 0.3) is 16.9 Å². The van der Waals surface area contributed by atoms with Crippen molar-refractivity contribution in [2.75, 3.05) is 5.73 Å². The van der Waals surface area contributed by atoms with Crippen molar-refractivity contribution in [2.45, 2.75) is 6.18 Å². The second kappa shape index (κ2) is 4.37. The minimum Gasteiger partial charge on any atom is -0.507 e. The third kappa shape index (κ3) is 2.24. The number of para-hydroxylation sites is 1. The molecule has 3 N–H and O–H groups in total. The van der Waals surface area contributed by atoms with Crippen molar-refractivity contribution in [1.29, 1.82) is 0 Å². The molecule has 0 saturated heterocycles. The molecule has 21 heavy (non-hydrogen) atoms. The number of aromatic nitrogens is 3. The smallest absolute Gasteiger partial charge is 0.433 e. The normalized spacial score (nSPS) is 12.0. The molecule has 3 rings (SSSR count). The highest BCUT2D eigenvalue weighted by molar-refractivity contribution is 5.70. The van der Waals surface area contributed by atoms with E-state index in [0.29, 0.717) is 16.1 Å². The number of hydrogen-bond acceptors (Lipinski definition) is 4. The number of alkyl halides is 3. The van der Waals surface area contributed by atoms with Gasteiger partial charge in [0.25, 0.3) is 0 Å². The Bertz CT molecular complexity index is 826. The van der Waals surface area contributed by atoms with E-state index < -0.39 is 11.9 Å². The van der Waals surface area contributed by atoms with Gasteiger partial charge in [0.15, 0.2) is 11.3 Å². The Morgan fingerprint density at radius 2 is 1.86 bits per heavy atom. The van der Waals surface area contributed by atoms with Crippen molar-refractivity contribution in [2.24, 2.45) is 0 Å². The lowest BCUT2D eigenvalue weighted by Crippen LogP contribution is -2.14. The number of halogens is 3. The van der Waals surface area contributed by atoms with E-state index in [2.05, 4.69) is 10.1 Å². The van der Waals surface area contributed by atoms with Crippen LogP contribution in [0.3, 0.4) is 0 Å². The largest absolute Gasteiger partial charge is 0.507 e. The summed E-state index contributed by atoms with van der Waals surface area (Å²) in [5, 5.41) is 13.6. The summed E-state index contributed by atoms with van der Waals surface area (Å²) in [5.74, 6) is -0.332. The van der Waals surface area contributed by atoms with Gasteiger partial charge < -0.3 is 10.8 Å². The second-order valence-corrected chi connectivity index (χ2v) is 4.38. The van der Waals surface area contributed by atoms with E-state index in [1.807, 2.05) is 0 Å². The van der Waals surface area contributed by atoms with Crippen LogP contribution < -0.4 is 5.73 Å². The number of nitrogens with two attached hydrogens (primary N) is 1. The highest BCUT2D eigenvalue weighted by atomic mass is 19.4. The van der Waals surface area contributed by atoms with Crippen LogP contribution in [0.5, 0.6) is 5.75 Å². The first-order chi connectivity index (χ1) is 9.86. The molecule has 0 amide bonds. The monoisotopic (exact) mass is 294 g/mol. The topological polar surface area (TPSA) is 76.4 Å². The molecule has 2 aromatic heterocycles. The zero-order valence-corrected chi connectivity index (χ0v) is 10.5. The van der Waals surface area contributed by atoms with Crippen molar-refractivity contribution in [3.63, 3.8) is 0 Å². The van der Waals surface area contributed by atoms with E-state index in [1.165, 1.54) is 12.1 Å². The van der Waals surface area contributed by atoms with Crippen LogP contribution in [0.4, 0.5) is 19.0 Å². The van der Waals surface area contributed by atoms with Crippen LogP contribution in [0.1, 0.15) is 5.69 Å². The van der Waals surface area contributed by atoms with Gasteiger partial charge in [-0.25, -0.2) is 9.50 Å². The Labute approximate surface area is 116 Å². The van der Waals surface area contributed by atoms with Crippen molar-refractivity contribution < 1.29 is 18.3 Å². The highest BCUT2D eigenvalue weighted by Gasteiger charge is 2.35. The zero-order chi connectivity index (χ0) is 15.2. The van der Waals surface area contributed by atoms with Crippen LogP contribution in [-0.2, 0) is 6.18 Å². The molecule has 0 fully saturated rings. The first-order valence-electron chi connectivity index (χ1n) is 5.88. The predicted octanol–water partition coefficient (Wildman–Crippen LogP) is 2.70. The Balaban J connectivity index is 2.28. The van der Waals surface area contributed by atoms with Gasteiger partial charge >= 0.3 is 6.18 Å². The summed E-state index contributed by atoms with van der Waals surface area (Å²) in [6.45, 7) is 0. The lowest BCUT2D eigenvalue weighted by molar-refractivity contribution is -0.142. The number of anilines is 1. The van der Waals surface area contributed by atoms with Gasteiger partial charge in [0.2, 0.25) is 0 Å². The molecule has 0 aliphatic carbocycles. The molecule has 0 spiro atoms. The van der Waals surface area contributed by atoms with Crippen LogP contribution in [0.15, 0.2) is 36.4 Å². The molecule has 0 radical (unpaired) electrons. The van der Waals surface area contributed by atoms with Gasteiger partial charge in [0.1, 0.15) is 11.6 Å². The summed E-state index contributed by atoms with van der Waals surface area (Å²) in [5.41, 5.74) is 4.83. The minimum absolute atomic E-state index is 0.0411. The van der Waals surface area contributed by atoms with Gasteiger partial charge in [-0.1, -0.05) is 12.1 Å². The van der Waals surface area contributed by atoms with E-state index in [9.17, 15) is 18.3 Å². The molecular formula is C13H9F3N4O. The molecule has 0 atom stereocenters. The van der Waals surface area contributed by atoms with E-state index in [0.717, 1.165) is 0 Å². The fraction of sp³-hybridized carbons (Fsp3) is 0.0769. The van der Waals surface area contributed by atoms with Crippen molar-refractivity contribution in [3.8, 4) is 17.0 Å². The van der Waals surface area contributed by atoms with Gasteiger partial charge in [-0.15, -0.1) is 0 Å². The second-order valence-electron chi connectivity index (χ2n) is 4.38. The van der Waals surface area contributed by atoms with E-state index in [1.54, 1.807) is 18.2 Å². The average Bonchev–Trinajstić information content (AvgIpc) is 2.80. The number of phenols is 1. The molecule has 108 valence electrons. The Kier molecular flexibility index (Phi) is 2.75. The number of benzene rings is 1. The molecule has 5 nitrogen and oxygen atoms in total.